The number of carbonyl (C=O) groups excluding carboxylic acids is 2. The predicted molar refractivity (Wildman–Crippen MR) is 129 cm³/mol. The van der Waals surface area contributed by atoms with E-state index < -0.39 is 18.2 Å². The van der Waals surface area contributed by atoms with Gasteiger partial charge in [-0.15, -0.1) is 0 Å². The number of esters is 1. The van der Waals surface area contributed by atoms with Crippen LogP contribution in [0.4, 0.5) is 26.0 Å². The van der Waals surface area contributed by atoms with Crippen LogP contribution in [0.2, 0.25) is 0 Å². The van der Waals surface area contributed by atoms with Crippen molar-refractivity contribution in [1.29, 1.82) is 0 Å². The Kier molecular flexibility index (Phi) is 6.94. The molecule has 1 aliphatic carbocycles. The molecular weight excluding hydrogens is 570 g/mol. The van der Waals surface area contributed by atoms with Gasteiger partial charge in [-0.1, -0.05) is 6.07 Å². The van der Waals surface area contributed by atoms with E-state index in [0.717, 1.165) is 12.8 Å². The molecule has 174 valence electrons. The number of carbonyl (C=O) groups is 2. The minimum Gasteiger partial charge on any atom is -0.494 e. The Morgan fingerprint density at radius 1 is 1.24 bits per heavy atom. The lowest BCUT2D eigenvalue weighted by molar-refractivity contribution is -0.117. The molecule has 1 unspecified atom stereocenters. The van der Waals surface area contributed by atoms with Crippen molar-refractivity contribution in [3.05, 3.63) is 35.7 Å². The zero-order chi connectivity index (χ0) is 23.7. The molecule has 2 heterocycles. The second kappa shape index (κ2) is 9.72. The van der Waals surface area contributed by atoms with Gasteiger partial charge in [0.15, 0.2) is 17.2 Å². The number of nitrogens with one attached hydrogen (secondary N) is 2. The van der Waals surface area contributed by atoms with Crippen LogP contribution in [0.1, 0.15) is 35.4 Å². The lowest BCUT2D eigenvalue weighted by atomic mass is 10.1. The largest absolute Gasteiger partial charge is 0.494 e. The highest BCUT2D eigenvalue weighted by atomic mass is 127. The Morgan fingerprint density at radius 3 is 2.61 bits per heavy atom. The molecule has 0 aliphatic heterocycles. The maximum atomic E-state index is 13.7. The van der Waals surface area contributed by atoms with Crippen LogP contribution >= 0.6 is 28.4 Å². The number of hydrogen-bond acceptors (Lipinski definition) is 7. The Hall–Kier alpha value is -2.60. The summed E-state index contributed by atoms with van der Waals surface area (Å²) in [5.74, 6) is -0.833. The second-order valence-corrected chi connectivity index (χ2v) is 9.25. The molecule has 1 saturated carbocycles. The molecule has 0 spiro atoms. The predicted octanol–water partition coefficient (Wildman–Crippen LogP) is 5.05. The van der Waals surface area contributed by atoms with Gasteiger partial charge < -0.3 is 20.1 Å². The molecule has 3 aromatic rings. The summed E-state index contributed by atoms with van der Waals surface area (Å²) in [6, 6.07) is 6.35. The number of anilines is 3. The molecule has 0 radical (unpaired) electrons. The number of methoxy groups -OCH3 is 2. The molecule has 4 rings (SSSR count). The lowest BCUT2D eigenvalue weighted by Crippen LogP contribution is -2.14. The molecule has 33 heavy (non-hydrogen) atoms. The average molecular weight is 589 g/mol. The Labute approximate surface area is 202 Å². The number of imidazole rings is 1. The summed E-state index contributed by atoms with van der Waals surface area (Å²) in [5, 5.41) is 5.86. The van der Waals surface area contributed by atoms with Gasteiger partial charge in [0, 0.05) is 12.0 Å². The molecule has 1 amide bonds. The third-order valence-corrected chi connectivity index (χ3v) is 7.07. The molecule has 1 fully saturated rings. The minimum atomic E-state index is -2.81. The van der Waals surface area contributed by atoms with E-state index in [4.69, 9.17) is 9.47 Å². The van der Waals surface area contributed by atoms with Gasteiger partial charge in [0.25, 0.3) is 6.43 Å². The number of hydrogen-bond donors (Lipinski definition) is 2. The van der Waals surface area contributed by atoms with Crippen molar-refractivity contribution in [2.45, 2.75) is 19.3 Å². The standard InChI is InChI=1S/C20H19F2IN5O4P/c1-31-15-10(20(30)32-2)4-3-5-11(15)24-12-8-13(26-19(29)9-6-7-9)25-17-14(12)27-18(16(21)22)28(17)33-23/h3-5,8-9,16,33H,6-7H2,1-2H3,(H2,24,25,26,29). The number of pyridine rings is 1. The fourth-order valence-corrected chi connectivity index (χ4v) is 5.20. The SMILES string of the molecule is COC(=O)c1cccc(Nc2cc(NC(=O)C3CC3)nc3c2nc(C(F)F)n3PI)c1OC. The second-order valence-electron chi connectivity index (χ2n) is 7.18. The number of para-hydroxylation sites is 1. The zero-order valence-electron chi connectivity index (χ0n) is 17.5. The van der Waals surface area contributed by atoms with Gasteiger partial charge >= 0.3 is 5.97 Å². The lowest BCUT2D eigenvalue weighted by Gasteiger charge is -2.15. The van der Waals surface area contributed by atoms with E-state index in [2.05, 4.69) is 20.6 Å². The molecular formula is C20H19F2IN5O4P. The molecule has 1 atom stereocenters. The average Bonchev–Trinajstić information content (AvgIpc) is 3.59. The molecule has 9 nitrogen and oxygen atoms in total. The summed E-state index contributed by atoms with van der Waals surface area (Å²) in [6.45, 7) is 0. The van der Waals surface area contributed by atoms with Crippen LogP contribution in [0.3, 0.4) is 0 Å². The maximum Gasteiger partial charge on any atom is 0.341 e. The number of aromatic nitrogens is 3. The number of alkyl halides is 2. The molecule has 1 aliphatic rings. The van der Waals surface area contributed by atoms with Crippen LogP contribution in [0.15, 0.2) is 24.3 Å². The van der Waals surface area contributed by atoms with E-state index in [0.29, 0.717) is 11.4 Å². The Balaban J connectivity index is 1.85. The topological polar surface area (TPSA) is 107 Å². The van der Waals surface area contributed by atoms with Gasteiger partial charge in [-0.25, -0.2) is 23.5 Å². The molecule has 13 heteroatoms. The first-order valence-corrected chi connectivity index (χ1v) is 13.9. The first kappa shape index (κ1) is 23.6. The monoisotopic (exact) mass is 589 g/mol. The van der Waals surface area contributed by atoms with E-state index >= 15 is 0 Å². The number of ether oxygens (including phenoxy) is 2. The molecule has 2 N–H and O–H groups in total. The zero-order valence-corrected chi connectivity index (χ0v) is 20.6. The number of nitrogens with zero attached hydrogens (tertiary/aromatic N) is 3. The number of amides is 1. The summed E-state index contributed by atoms with van der Waals surface area (Å²) in [7, 11) is 2.66. The molecule has 1 aromatic carbocycles. The number of rotatable bonds is 8. The molecule has 0 saturated heterocycles. The summed E-state index contributed by atoms with van der Waals surface area (Å²) in [5.41, 5.74) is 1.30. The van der Waals surface area contributed by atoms with Crippen molar-refractivity contribution in [2.24, 2.45) is 5.92 Å². The Morgan fingerprint density at radius 2 is 2.00 bits per heavy atom. The van der Waals surface area contributed by atoms with Crippen molar-refractivity contribution in [3.8, 4) is 5.75 Å². The maximum absolute atomic E-state index is 13.7. The van der Waals surface area contributed by atoms with E-state index in [9.17, 15) is 18.4 Å². The van der Waals surface area contributed by atoms with E-state index in [1.807, 2.05) is 22.0 Å². The first-order chi connectivity index (χ1) is 15.9. The van der Waals surface area contributed by atoms with Gasteiger partial charge in [0.2, 0.25) is 5.91 Å². The van der Waals surface area contributed by atoms with E-state index in [1.54, 1.807) is 18.2 Å². The van der Waals surface area contributed by atoms with Gasteiger partial charge in [-0.05, 0) is 47.0 Å². The number of halogens is 3. The van der Waals surface area contributed by atoms with Crippen LogP contribution in [0, 0.1) is 5.92 Å². The van der Waals surface area contributed by atoms with Crippen molar-refractivity contribution in [1.82, 2.24) is 14.3 Å². The van der Waals surface area contributed by atoms with Crippen molar-refractivity contribution in [2.75, 3.05) is 24.9 Å². The highest BCUT2D eigenvalue weighted by molar-refractivity contribution is 14.2. The van der Waals surface area contributed by atoms with Crippen molar-refractivity contribution >= 4 is 68.6 Å². The highest BCUT2D eigenvalue weighted by Crippen LogP contribution is 2.40. The molecule has 0 bridgehead atoms. The van der Waals surface area contributed by atoms with Crippen LogP contribution in [-0.4, -0.2) is 40.4 Å². The normalized spacial score (nSPS) is 13.6. The first-order valence-electron chi connectivity index (χ1n) is 9.79. The molecule has 2 aromatic heterocycles. The van der Waals surface area contributed by atoms with Crippen LogP contribution in [-0.2, 0) is 9.53 Å². The van der Waals surface area contributed by atoms with Crippen LogP contribution < -0.4 is 15.4 Å². The van der Waals surface area contributed by atoms with Gasteiger partial charge in [0.1, 0.15) is 16.9 Å². The highest BCUT2D eigenvalue weighted by Gasteiger charge is 2.30. The van der Waals surface area contributed by atoms with Crippen molar-refractivity contribution < 1.29 is 27.8 Å². The third-order valence-electron chi connectivity index (χ3n) is 5.01. The Bertz CT molecular complexity index is 1230. The quantitative estimate of drug-likeness (QED) is 0.215. The summed E-state index contributed by atoms with van der Waals surface area (Å²) in [6.07, 6.45) is -1.29. The van der Waals surface area contributed by atoms with Crippen molar-refractivity contribution in [3.63, 3.8) is 0 Å². The van der Waals surface area contributed by atoms with Crippen LogP contribution in [0.25, 0.3) is 11.2 Å². The summed E-state index contributed by atoms with van der Waals surface area (Å²) < 4.78 is 38.9. The number of benzene rings is 1. The minimum absolute atomic E-state index is 0.0660. The summed E-state index contributed by atoms with van der Waals surface area (Å²) >= 11 is 1.98. The van der Waals surface area contributed by atoms with Gasteiger partial charge in [-0.2, -0.15) is 0 Å². The summed E-state index contributed by atoms with van der Waals surface area (Å²) in [4.78, 5) is 33.0. The van der Waals surface area contributed by atoms with E-state index in [1.165, 1.54) is 24.6 Å². The van der Waals surface area contributed by atoms with Gasteiger partial charge in [-0.3, -0.25) is 9.13 Å². The fraction of sp³-hybridized carbons (Fsp3) is 0.300. The van der Waals surface area contributed by atoms with Gasteiger partial charge in [0.05, 0.1) is 32.0 Å². The fourth-order valence-electron chi connectivity index (χ4n) is 3.30. The smallest absolute Gasteiger partial charge is 0.341 e. The van der Waals surface area contributed by atoms with E-state index in [-0.39, 0.29) is 46.5 Å². The van der Waals surface area contributed by atoms with Crippen LogP contribution in [0.5, 0.6) is 5.75 Å². The third kappa shape index (κ3) is 4.72. The number of fused-ring (bicyclic) bond motifs is 1.